The van der Waals surface area contributed by atoms with E-state index in [2.05, 4.69) is 0 Å². The number of halogens is 2. The summed E-state index contributed by atoms with van der Waals surface area (Å²) in [6.45, 7) is 1.65. The van der Waals surface area contributed by atoms with Gasteiger partial charge in [-0.1, -0.05) is 66.7 Å². The summed E-state index contributed by atoms with van der Waals surface area (Å²) in [5, 5.41) is 3.10. The highest BCUT2D eigenvalue weighted by Gasteiger charge is 2.21. The maximum atomic E-state index is 14.0. The van der Waals surface area contributed by atoms with Crippen molar-refractivity contribution in [2.75, 3.05) is 0 Å². The van der Waals surface area contributed by atoms with Gasteiger partial charge < -0.3 is 0 Å². The molecule has 0 saturated heterocycles. The van der Waals surface area contributed by atoms with E-state index in [-0.39, 0.29) is 0 Å². The molecule has 22 heavy (non-hydrogen) atoms. The van der Waals surface area contributed by atoms with Gasteiger partial charge in [0.25, 0.3) is 0 Å². The van der Waals surface area contributed by atoms with E-state index >= 15 is 0 Å². The summed E-state index contributed by atoms with van der Waals surface area (Å²) < 4.78 is 27.5. The summed E-state index contributed by atoms with van der Waals surface area (Å²) in [5.74, 6) is -1.55. The first kappa shape index (κ1) is 14.9. The molecule has 0 amide bonds. The van der Waals surface area contributed by atoms with E-state index in [0.717, 1.165) is 15.9 Å². The van der Waals surface area contributed by atoms with Gasteiger partial charge in [-0.3, -0.25) is 0 Å². The molecule has 0 atom stereocenters. The molecule has 0 unspecified atom stereocenters. The van der Waals surface area contributed by atoms with E-state index in [0.29, 0.717) is 5.56 Å². The van der Waals surface area contributed by atoms with Gasteiger partial charge in [-0.05, 0) is 42.4 Å². The fourth-order valence-corrected chi connectivity index (χ4v) is 4.92. The summed E-state index contributed by atoms with van der Waals surface area (Å²) >= 11 is 0. The SMILES string of the molecule is Cc1c(P(c2ccccc2)c2ccccc2)ccc(F)c1F. The molecule has 0 radical (unpaired) electrons. The molecule has 3 aromatic carbocycles. The molecule has 3 rings (SSSR count). The summed E-state index contributed by atoms with van der Waals surface area (Å²) in [6, 6.07) is 22.9. The van der Waals surface area contributed by atoms with Gasteiger partial charge in [-0.2, -0.15) is 0 Å². The number of hydrogen-bond acceptors (Lipinski definition) is 0. The van der Waals surface area contributed by atoms with Crippen molar-refractivity contribution in [3.05, 3.63) is 90.0 Å². The average Bonchev–Trinajstić information content (AvgIpc) is 2.57. The molecule has 0 fully saturated rings. The summed E-state index contributed by atoms with van der Waals surface area (Å²) in [5.41, 5.74) is 0.388. The lowest BCUT2D eigenvalue weighted by Gasteiger charge is -2.21. The molecule has 3 heteroatoms. The van der Waals surface area contributed by atoms with Crippen molar-refractivity contribution in [3.8, 4) is 0 Å². The van der Waals surface area contributed by atoms with Crippen LogP contribution in [0.5, 0.6) is 0 Å². The van der Waals surface area contributed by atoms with Gasteiger partial charge in [0.15, 0.2) is 11.6 Å². The van der Waals surface area contributed by atoms with Gasteiger partial charge in [0, 0.05) is 0 Å². The van der Waals surface area contributed by atoms with E-state index in [1.807, 2.05) is 60.7 Å². The van der Waals surface area contributed by atoms with Crippen LogP contribution in [0.3, 0.4) is 0 Å². The first-order valence-corrected chi connectivity index (χ1v) is 8.37. The van der Waals surface area contributed by atoms with Gasteiger partial charge >= 0.3 is 0 Å². The Morgan fingerprint density at radius 2 is 1.18 bits per heavy atom. The molecule has 0 N–H and O–H groups in total. The number of hydrogen-bond donors (Lipinski definition) is 0. The molecular weight excluding hydrogens is 297 g/mol. The van der Waals surface area contributed by atoms with Gasteiger partial charge in [-0.15, -0.1) is 0 Å². The first-order chi connectivity index (χ1) is 10.7. The van der Waals surface area contributed by atoms with Crippen molar-refractivity contribution in [3.63, 3.8) is 0 Å². The molecule has 0 heterocycles. The molecule has 0 spiro atoms. The Hall–Kier alpha value is -2.05. The Kier molecular flexibility index (Phi) is 4.31. The Morgan fingerprint density at radius 3 is 1.68 bits per heavy atom. The monoisotopic (exact) mass is 312 g/mol. The molecule has 0 nitrogen and oxygen atoms in total. The highest BCUT2D eigenvalue weighted by atomic mass is 31.1. The topological polar surface area (TPSA) is 0 Å². The zero-order valence-electron chi connectivity index (χ0n) is 12.1. The molecule has 3 aromatic rings. The van der Waals surface area contributed by atoms with Crippen LogP contribution in [0.15, 0.2) is 72.8 Å². The van der Waals surface area contributed by atoms with E-state index in [4.69, 9.17) is 0 Å². The Balaban J connectivity index is 2.21. The molecule has 0 saturated carbocycles. The second-order valence-electron chi connectivity index (χ2n) is 5.01. The second kappa shape index (κ2) is 6.37. The zero-order valence-corrected chi connectivity index (χ0v) is 13.0. The van der Waals surface area contributed by atoms with Crippen molar-refractivity contribution in [2.45, 2.75) is 6.92 Å². The smallest absolute Gasteiger partial charge is 0.162 e. The largest absolute Gasteiger partial charge is 0.204 e. The maximum Gasteiger partial charge on any atom is 0.162 e. The minimum absolute atomic E-state index is 0.388. The summed E-state index contributed by atoms with van der Waals surface area (Å²) in [7, 11) is -0.902. The van der Waals surface area contributed by atoms with Gasteiger partial charge in [0.1, 0.15) is 0 Å². The standard InChI is InChI=1S/C19H15F2P/c1-14-18(13-12-17(20)19(14)21)22(15-8-4-2-5-9-15)16-10-6-3-7-11-16/h2-13H,1H3. The minimum atomic E-state index is -0.902. The van der Waals surface area contributed by atoms with E-state index in [1.165, 1.54) is 6.07 Å². The molecule has 0 aromatic heterocycles. The van der Waals surface area contributed by atoms with Crippen molar-refractivity contribution >= 4 is 23.8 Å². The van der Waals surface area contributed by atoms with E-state index < -0.39 is 19.6 Å². The quantitative estimate of drug-likeness (QED) is 0.641. The summed E-state index contributed by atoms with van der Waals surface area (Å²) in [4.78, 5) is 0. The van der Waals surface area contributed by atoms with Crippen LogP contribution in [-0.4, -0.2) is 0 Å². The highest BCUT2D eigenvalue weighted by Crippen LogP contribution is 2.34. The average molecular weight is 312 g/mol. The molecule has 110 valence electrons. The predicted octanol–water partition coefficient (Wildman–Crippen LogP) is 4.03. The third kappa shape index (κ3) is 2.80. The first-order valence-electron chi connectivity index (χ1n) is 7.03. The fraction of sp³-hybridized carbons (Fsp3) is 0.0526. The summed E-state index contributed by atoms with van der Waals surface area (Å²) in [6.07, 6.45) is 0. The van der Waals surface area contributed by atoms with Crippen LogP contribution >= 0.6 is 7.92 Å². The number of benzene rings is 3. The molecule has 0 bridgehead atoms. The minimum Gasteiger partial charge on any atom is -0.204 e. The van der Waals surface area contributed by atoms with E-state index in [9.17, 15) is 8.78 Å². The van der Waals surface area contributed by atoms with Crippen molar-refractivity contribution in [1.29, 1.82) is 0 Å². The molecule has 0 aliphatic heterocycles. The van der Waals surface area contributed by atoms with Gasteiger partial charge in [0.05, 0.1) is 0 Å². The lowest BCUT2D eigenvalue weighted by Crippen LogP contribution is -2.23. The van der Waals surface area contributed by atoms with Crippen LogP contribution in [0.1, 0.15) is 5.56 Å². The highest BCUT2D eigenvalue weighted by molar-refractivity contribution is 7.79. The van der Waals surface area contributed by atoms with Crippen molar-refractivity contribution in [1.82, 2.24) is 0 Å². The Morgan fingerprint density at radius 1 is 0.682 bits per heavy atom. The molecular formula is C19H15F2P. The normalized spacial score (nSPS) is 10.9. The van der Waals surface area contributed by atoms with Crippen LogP contribution in [0.25, 0.3) is 0 Å². The van der Waals surface area contributed by atoms with Gasteiger partial charge in [-0.25, -0.2) is 8.78 Å². The van der Waals surface area contributed by atoms with Crippen LogP contribution < -0.4 is 15.9 Å². The lowest BCUT2D eigenvalue weighted by molar-refractivity contribution is 0.504. The van der Waals surface area contributed by atoms with Crippen molar-refractivity contribution in [2.24, 2.45) is 0 Å². The van der Waals surface area contributed by atoms with E-state index in [1.54, 1.807) is 13.0 Å². The van der Waals surface area contributed by atoms with Crippen molar-refractivity contribution < 1.29 is 8.78 Å². The fourth-order valence-electron chi connectivity index (χ4n) is 2.47. The third-order valence-electron chi connectivity index (χ3n) is 3.58. The molecule has 0 aliphatic carbocycles. The van der Waals surface area contributed by atoms with Crippen LogP contribution in [-0.2, 0) is 0 Å². The van der Waals surface area contributed by atoms with Gasteiger partial charge in [0.2, 0.25) is 0 Å². The predicted molar refractivity (Wildman–Crippen MR) is 89.8 cm³/mol. The van der Waals surface area contributed by atoms with Crippen LogP contribution in [0, 0.1) is 18.6 Å². The van der Waals surface area contributed by atoms with Crippen LogP contribution in [0.4, 0.5) is 8.78 Å². The maximum absolute atomic E-state index is 14.0. The lowest BCUT2D eigenvalue weighted by atomic mass is 10.2. The Labute approximate surface area is 130 Å². The van der Waals surface area contributed by atoms with Crippen LogP contribution in [0.2, 0.25) is 0 Å². The number of rotatable bonds is 3. The zero-order chi connectivity index (χ0) is 15.5. The third-order valence-corrected chi connectivity index (χ3v) is 6.18. The second-order valence-corrected chi connectivity index (χ2v) is 7.20. The Bertz CT molecular complexity index is 731. The molecule has 0 aliphatic rings.